The molecule has 1 aliphatic rings. The molecule has 0 saturated heterocycles. The van der Waals surface area contributed by atoms with Crippen molar-refractivity contribution in [3.05, 3.63) is 42.0 Å². The smallest absolute Gasteiger partial charge is 0.335 e. The minimum absolute atomic E-state index is 0.201. The van der Waals surface area contributed by atoms with E-state index in [1.807, 2.05) is 24.3 Å². The molecule has 1 aromatic rings. The number of hydrogen-bond donors (Lipinski definition) is 1. The highest BCUT2D eigenvalue weighted by Crippen LogP contribution is 2.42. The van der Waals surface area contributed by atoms with Gasteiger partial charge in [0.2, 0.25) is 0 Å². The Labute approximate surface area is 82.9 Å². The largest absolute Gasteiger partial charge is 0.478 e. The standard InChI is InChI=1S/C12H12O2/c1-8(12(13)14)10-4-2-3-5-11(10)9-6-7-9/h2-5,9H,1,6-7H2,(H,13,14). The fraction of sp³-hybridized carbons (Fsp3) is 0.250. The molecule has 14 heavy (non-hydrogen) atoms. The van der Waals surface area contributed by atoms with Crippen LogP contribution in [0.3, 0.4) is 0 Å². The normalized spacial score (nSPS) is 15.1. The maximum atomic E-state index is 10.8. The number of rotatable bonds is 3. The molecule has 1 saturated carbocycles. The summed E-state index contributed by atoms with van der Waals surface area (Å²) in [5.74, 6) is -0.375. The Balaban J connectivity index is 2.40. The fourth-order valence-electron chi connectivity index (χ4n) is 1.64. The number of carbonyl (C=O) groups is 1. The van der Waals surface area contributed by atoms with Crippen molar-refractivity contribution in [2.45, 2.75) is 18.8 Å². The van der Waals surface area contributed by atoms with Crippen LogP contribution in [0.1, 0.15) is 29.9 Å². The summed E-state index contributed by atoms with van der Waals surface area (Å²) in [5, 5.41) is 8.86. The van der Waals surface area contributed by atoms with E-state index in [9.17, 15) is 4.79 Å². The van der Waals surface area contributed by atoms with E-state index < -0.39 is 5.97 Å². The molecule has 1 aromatic carbocycles. The van der Waals surface area contributed by atoms with Crippen molar-refractivity contribution >= 4 is 11.5 Å². The zero-order valence-electron chi connectivity index (χ0n) is 7.86. The van der Waals surface area contributed by atoms with E-state index >= 15 is 0 Å². The highest BCUT2D eigenvalue weighted by molar-refractivity contribution is 6.14. The quantitative estimate of drug-likeness (QED) is 0.740. The van der Waals surface area contributed by atoms with Crippen molar-refractivity contribution in [1.29, 1.82) is 0 Å². The van der Waals surface area contributed by atoms with E-state index in [1.54, 1.807) is 0 Å². The predicted molar refractivity (Wildman–Crippen MR) is 55.1 cm³/mol. The second-order valence-electron chi connectivity index (χ2n) is 3.65. The van der Waals surface area contributed by atoms with Gasteiger partial charge >= 0.3 is 5.97 Å². The van der Waals surface area contributed by atoms with Gasteiger partial charge < -0.3 is 5.11 Å². The summed E-state index contributed by atoms with van der Waals surface area (Å²) in [5.41, 5.74) is 2.13. The molecule has 2 nitrogen and oxygen atoms in total. The predicted octanol–water partition coefficient (Wildman–Crippen LogP) is 2.66. The molecular weight excluding hydrogens is 176 g/mol. The van der Waals surface area contributed by atoms with Crippen LogP contribution in [0.2, 0.25) is 0 Å². The first-order valence-corrected chi connectivity index (χ1v) is 4.71. The zero-order valence-corrected chi connectivity index (χ0v) is 7.86. The van der Waals surface area contributed by atoms with Crippen molar-refractivity contribution < 1.29 is 9.90 Å². The molecule has 0 amide bonds. The highest BCUT2D eigenvalue weighted by atomic mass is 16.4. The van der Waals surface area contributed by atoms with Gasteiger partial charge in [-0.2, -0.15) is 0 Å². The maximum absolute atomic E-state index is 10.8. The van der Waals surface area contributed by atoms with E-state index in [4.69, 9.17) is 5.11 Å². The third-order valence-corrected chi connectivity index (χ3v) is 2.56. The van der Waals surface area contributed by atoms with E-state index in [0.29, 0.717) is 5.92 Å². The molecule has 0 atom stereocenters. The van der Waals surface area contributed by atoms with Crippen LogP contribution >= 0.6 is 0 Å². The van der Waals surface area contributed by atoms with Crippen LogP contribution in [0.15, 0.2) is 30.8 Å². The first kappa shape index (κ1) is 9.00. The molecule has 1 fully saturated rings. The average Bonchev–Trinajstić information content (AvgIpc) is 3.00. The Morgan fingerprint density at radius 2 is 2.00 bits per heavy atom. The molecule has 1 aliphatic carbocycles. The van der Waals surface area contributed by atoms with Crippen LogP contribution in [0.5, 0.6) is 0 Å². The lowest BCUT2D eigenvalue weighted by atomic mass is 9.98. The number of hydrogen-bond acceptors (Lipinski definition) is 1. The van der Waals surface area contributed by atoms with Crippen LogP contribution < -0.4 is 0 Å². The van der Waals surface area contributed by atoms with E-state index in [0.717, 1.165) is 11.1 Å². The van der Waals surface area contributed by atoms with Gasteiger partial charge in [0.25, 0.3) is 0 Å². The van der Waals surface area contributed by atoms with Crippen LogP contribution in [0.25, 0.3) is 5.57 Å². The van der Waals surface area contributed by atoms with Gasteiger partial charge in [0, 0.05) is 0 Å². The number of aliphatic carboxylic acids is 1. The Hall–Kier alpha value is -1.57. The van der Waals surface area contributed by atoms with Gasteiger partial charge in [0.1, 0.15) is 0 Å². The van der Waals surface area contributed by atoms with Gasteiger partial charge in [-0.15, -0.1) is 0 Å². The molecule has 0 radical (unpaired) electrons. The van der Waals surface area contributed by atoms with Crippen LogP contribution in [0.4, 0.5) is 0 Å². The molecule has 0 spiro atoms. The fourth-order valence-corrected chi connectivity index (χ4v) is 1.64. The molecule has 2 heteroatoms. The minimum Gasteiger partial charge on any atom is -0.478 e. The molecule has 0 bridgehead atoms. The first-order valence-electron chi connectivity index (χ1n) is 4.71. The van der Waals surface area contributed by atoms with Crippen molar-refractivity contribution in [1.82, 2.24) is 0 Å². The Morgan fingerprint density at radius 3 is 2.57 bits per heavy atom. The van der Waals surface area contributed by atoms with E-state index in [2.05, 4.69) is 6.58 Å². The number of benzene rings is 1. The molecule has 0 aliphatic heterocycles. The van der Waals surface area contributed by atoms with Gasteiger partial charge in [0.05, 0.1) is 5.57 Å². The van der Waals surface area contributed by atoms with Crippen LogP contribution in [0, 0.1) is 0 Å². The Kier molecular flexibility index (Phi) is 2.12. The molecule has 1 N–H and O–H groups in total. The second kappa shape index (κ2) is 3.29. The SMILES string of the molecule is C=C(C(=O)O)c1ccccc1C1CC1. The van der Waals surface area contributed by atoms with Gasteiger partial charge in [0.15, 0.2) is 0 Å². The molecule has 0 heterocycles. The Bertz CT molecular complexity index is 389. The molecule has 0 unspecified atom stereocenters. The lowest BCUT2D eigenvalue weighted by Crippen LogP contribution is -2.00. The minimum atomic E-state index is -0.932. The summed E-state index contributed by atoms with van der Waals surface area (Å²) in [6.45, 7) is 3.60. The number of carboxylic acid groups (broad SMARTS) is 1. The van der Waals surface area contributed by atoms with Crippen molar-refractivity contribution in [2.75, 3.05) is 0 Å². The third kappa shape index (κ3) is 1.55. The summed E-state index contributed by atoms with van der Waals surface area (Å²) in [7, 11) is 0. The van der Waals surface area contributed by atoms with Crippen molar-refractivity contribution in [3.8, 4) is 0 Å². The van der Waals surface area contributed by atoms with Gasteiger partial charge in [-0.1, -0.05) is 30.8 Å². The summed E-state index contributed by atoms with van der Waals surface area (Å²) in [4.78, 5) is 10.8. The monoisotopic (exact) mass is 188 g/mol. The van der Waals surface area contributed by atoms with Crippen LogP contribution in [-0.2, 0) is 4.79 Å². The van der Waals surface area contributed by atoms with Gasteiger partial charge in [-0.25, -0.2) is 4.79 Å². The summed E-state index contributed by atoms with van der Waals surface area (Å²) < 4.78 is 0. The third-order valence-electron chi connectivity index (χ3n) is 2.56. The van der Waals surface area contributed by atoms with Gasteiger partial charge in [-0.3, -0.25) is 0 Å². The molecular formula is C12H12O2. The average molecular weight is 188 g/mol. The van der Waals surface area contributed by atoms with Crippen molar-refractivity contribution in [2.24, 2.45) is 0 Å². The Morgan fingerprint density at radius 1 is 1.36 bits per heavy atom. The molecule has 0 aromatic heterocycles. The van der Waals surface area contributed by atoms with Gasteiger partial charge in [-0.05, 0) is 29.9 Å². The highest BCUT2D eigenvalue weighted by Gasteiger charge is 2.27. The maximum Gasteiger partial charge on any atom is 0.335 e. The second-order valence-corrected chi connectivity index (χ2v) is 3.65. The zero-order chi connectivity index (χ0) is 10.1. The summed E-state index contributed by atoms with van der Waals surface area (Å²) in [6.07, 6.45) is 2.34. The van der Waals surface area contributed by atoms with E-state index in [-0.39, 0.29) is 5.57 Å². The lowest BCUT2D eigenvalue weighted by Gasteiger charge is -2.07. The molecule has 72 valence electrons. The van der Waals surface area contributed by atoms with Crippen molar-refractivity contribution in [3.63, 3.8) is 0 Å². The number of carboxylic acids is 1. The summed E-state index contributed by atoms with van der Waals surface area (Å²) >= 11 is 0. The summed E-state index contributed by atoms with van der Waals surface area (Å²) in [6, 6.07) is 7.65. The molecule has 2 rings (SSSR count). The lowest BCUT2D eigenvalue weighted by molar-refractivity contribution is -0.130. The van der Waals surface area contributed by atoms with E-state index in [1.165, 1.54) is 12.8 Å². The van der Waals surface area contributed by atoms with Crippen LogP contribution in [-0.4, -0.2) is 11.1 Å². The topological polar surface area (TPSA) is 37.3 Å². The first-order chi connectivity index (χ1) is 6.70.